The van der Waals surface area contributed by atoms with Gasteiger partial charge >= 0.3 is 0 Å². The summed E-state index contributed by atoms with van der Waals surface area (Å²) in [5, 5.41) is 9.67. The molecule has 3 aromatic rings. The Balaban J connectivity index is 1.78. The molecule has 3 rings (SSSR count). The summed E-state index contributed by atoms with van der Waals surface area (Å²) >= 11 is 0. The number of aromatic nitrogens is 1. The van der Waals surface area contributed by atoms with Crippen LogP contribution in [0, 0.1) is 17.1 Å². The van der Waals surface area contributed by atoms with Crippen molar-refractivity contribution in [2.75, 3.05) is 0 Å². The number of rotatable bonds is 3. The summed E-state index contributed by atoms with van der Waals surface area (Å²) in [6.45, 7) is 0.0948. The Bertz CT molecular complexity index is 840. The highest BCUT2D eigenvalue weighted by atomic mass is 19.1. The van der Waals surface area contributed by atoms with E-state index in [9.17, 15) is 4.39 Å². The molecular formula is C17H11FN2O. The van der Waals surface area contributed by atoms with Gasteiger partial charge < -0.3 is 4.74 Å². The fourth-order valence-corrected chi connectivity index (χ4v) is 2.02. The van der Waals surface area contributed by atoms with E-state index in [1.165, 1.54) is 6.07 Å². The van der Waals surface area contributed by atoms with Crippen molar-refractivity contribution >= 4 is 10.9 Å². The topological polar surface area (TPSA) is 45.9 Å². The molecule has 1 heterocycles. The lowest BCUT2D eigenvalue weighted by Gasteiger charge is -2.08. The van der Waals surface area contributed by atoms with Crippen LogP contribution in [0.2, 0.25) is 0 Å². The summed E-state index contributed by atoms with van der Waals surface area (Å²) in [7, 11) is 0. The molecule has 4 heteroatoms. The van der Waals surface area contributed by atoms with E-state index in [-0.39, 0.29) is 6.61 Å². The van der Waals surface area contributed by atoms with Gasteiger partial charge in [-0.2, -0.15) is 5.26 Å². The molecule has 0 amide bonds. The molecule has 1 aromatic heterocycles. The van der Waals surface area contributed by atoms with Crippen LogP contribution in [0.4, 0.5) is 4.39 Å². The van der Waals surface area contributed by atoms with Crippen molar-refractivity contribution in [3.8, 4) is 11.8 Å². The van der Waals surface area contributed by atoms with Crippen LogP contribution in [0.15, 0.2) is 54.7 Å². The highest BCUT2D eigenvalue weighted by Crippen LogP contribution is 2.19. The molecule has 2 aromatic carbocycles. The summed E-state index contributed by atoms with van der Waals surface area (Å²) in [6, 6.07) is 15.8. The number of nitrogens with zero attached hydrogens (tertiary/aromatic N) is 2. The number of pyridine rings is 1. The number of hydrogen-bond donors (Lipinski definition) is 0. The zero-order chi connectivity index (χ0) is 14.7. The van der Waals surface area contributed by atoms with Gasteiger partial charge in [0.2, 0.25) is 0 Å². The molecule has 0 atom stereocenters. The lowest BCUT2D eigenvalue weighted by molar-refractivity contribution is 0.299. The van der Waals surface area contributed by atoms with E-state index in [1.54, 1.807) is 18.3 Å². The first-order valence-electron chi connectivity index (χ1n) is 6.42. The molecule has 0 radical (unpaired) electrons. The fraction of sp³-hybridized carbons (Fsp3) is 0.0588. The van der Waals surface area contributed by atoms with Gasteiger partial charge in [-0.1, -0.05) is 24.3 Å². The number of hydrogen-bond acceptors (Lipinski definition) is 3. The minimum atomic E-state index is -0.442. The average molecular weight is 278 g/mol. The zero-order valence-electron chi connectivity index (χ0n) is 11.1. The normalized spacial score (nSPS) is 10.3. The molecule has 3 nitrogen and oxygen atoms in total. The van der Waals surface area contributed by atoms with Crippen molar-refractivity contribution in [1.29, 1.82) is 5.26 Å². The van der Waals surface area contributed by atoms with E-state index >= 15 is 0 Å². The van der Waals surface area contributed by atoms with Crippen molar-refractivity contribution < 1.29 is 9.13 Å². The number of halogens is 1. The van der Waals surface area contributed by atoms with Gasteiger partial charge in [0, 0.05) is 10.9 Å². The molecule has 0 saturated carbocycles. The molecule has 0 N–H and O–H groups in total. The highest BCUT2D eigenvalue weighted by molar-refractivity contribution is 5.79. The molecule has 0 fully saturated rings. The lowest BCUT2D eigenvalue weighted by atomic mass is 10.1. The van der Waals surface area contributed by atoms with Gasteiger partial charge in [-0.15, -0.1) is 0 Å². The van der Waals surface area contributed by atoms with Gasteiger partial charge in [-0.3, -0.25) is 4.98 Å². The summed E-state index contributed by atoms with van der Waals surface area (Å²) in [6.07, 6.45) is 1.61. The molecule has 0 aliphatic heterocycles. The van der Waals surface area contributed by atoms with Crippen LogP contribution in [-0.4, -0.2) is 4.98 Å². The van der Waals surface area contributed by atoms with E-state index in [0.29, 0.717) is 16.9 Å². The predicted molar refractivity (Wildman–Crippen MR) is 77.2 cm³/mol. The molecule has 0 unspecified atom stereocenters. The quantitative estimate of drug-likeness (QED) is 0.731. The average Bonchev–Trinajstić information content (AvgIpc) is 2.53. The molecule has 0 aliphatic carbocycles. The van der Waals surface area contributed by atoms with Gasteiger partial charge in [-0.05, 0) is 24.3 Å². The Hall–Kier alpha value is -2.93. The molecule has 0 spiro atoms. The smallest absolute Gasteiger partial charge is 0.138 e. The van der Waals surface area contributed by atoms with Crippen LogP contribution in [0.3, 0.4) is 0 Å². The Morgan fingerprint density at radius 3 is 2.81 bits per heavy atom. The van der Waals surface area contributed by atoms with Crippen molar-refractivity contribution in [1.82, 2.24) is 4.98 Å². The lowest BCUT2D eigenvalue weighted by Crippen LogP contribution is -1.99. The SMILES string of the molecule is N#Cc1ccc(COc2cnc3ccccc3c2)c(F)c1. The van der Waals surface area contributed by atoms with Gasteiger partial charge in [0.15, 0.2) is 0 Å². The van der Waals surface area contributed by atoms with Crippen LogP contribution in [0.1, 0.15) is 11.1 Å². The number of benzene rings is 2. The number of fused-ring (bicyclic) bond motifs is 1. The Morgan fingerprint density at radius 2 is 2.00 bits per heavy atom. The van der Waals surface area contributed by atoms with Gasteiger partial charge in [0.1, 0.15) is 18.2 Å². The second-order valence-corrected chi connectivity index (χ2v) is 4.57. The van der Waals surface area contributed by atoms with Crippen LogP contribution >= 0.6 is 0 Å². The third-order valence-electron chi connectivity index (χ3n) is 3.14. The van der Waals surface area contributed by atoms with Gasteiger partial charge in [0.25, 0.3) is 0 Å². The van der Waals surface area contributed by atoms with E-state index in [0.717, 1.165) is 10.9 Å². The van der Waals surface area contributed by atoms with Crippen molar-refractivity contribution in [3.05, 3.63) is 71.7 Å². The Morgan fingerprint density at radius 1 is 1.14 bits per heavy atom. The standard InChI is InChI=1S/C17H11FN2O/c18-16-7-12(9-19)5-6-14(16)11-21-15-8-13-3-1-2-4-17(13)20-10-15/h1-8,10H,11H2. The number of nitriles is 1. The monoisotopic (exact) mass is 278 g/mol. The summed E-state index contributed by atoms with van der Waals surface area (Å²) in [5.41, 5.74) is 1.58. The third-order valence-corrected chi connectivity index (χ3v) is 3.14. The van der Waals surface area contributed by atoms with E-state index < -0.39 is 5.82 Å². The minimum absolute atomic E-state index is 0.0948. The van der Waals surface area contributed by atoms with Crippen LogP contribution < -0.4 is 4.74 Å². The molecule has 0 saturated heterocycles. The first-order valence-corrected chi connectivity index (χ1v) is 6.42. The third kappa shape index (κ3) is 2.82. The second kappa shape index (κ2) is 5.59. The number of ether oxygens (including phenoxy) is 1. The fourth-order valence-electron chi connectivity index (χ4n) is 2.02. The molecule has 0 aliphatic rings. The summed E-state index contributed by atoms with van der Waals surface area (Å²) in [4.78, 5) is 4.28. The zero-order valence-corrected chi connectivity index (χ0v) is 11.1. The minimum Gasteiger partial charge on any atom is -0.487 e. The molecular weight excluding hydrogens is 267 g/mol. The predicted octanol–water partition coefficient (Wildman–Crippen LogP) is 3.82. The van der Waals surface area contributed by atoms with Gasteiger partial charge in [0.05, 0.1) is 23.3 Å². The maximum Gasteiger partial charge on any atom is 0.138 e. The summed E-state index contributed by atoms with van der Waals surface area (Å²) in [5.74, 6) is 0.139. The first kappa shape index (κ1) is 13.1. The van der Waals surface area contributed by atoms with Crippen molar-refractivity contribution in [2.24, 2.45) is 0 Å². The maximum atomic E-state index is 13.7. The van der Waals surface area contributed by atoms with Crippen LogP contribution in [0.25, 0.3) is 10.9 Å². The van der Waals surface area contributed by atoms with Crippen molar-refractivity contribution in [3.63, 3.8) is 0 Å². The Labute approximate surface area is 121 Å². The Kier molecular flexibility index (Phi) is 3.48. The van der Waals surface area contributed by atoms with E-state index in [2.05, 4.69) is 4.98 Å². The molecule has 21 heavy (non-hydrogen) atoms. The van der Waals surface area contributed by atoms with Gasteiger partial charge in [-0.25, -0.2) is 4.39 Å². The molecule has 102 valence electrons. The van der Waals surface area contributed by atoms with Crippen LogP contribution in [-0.2, 0) is 6.61 Å². The van der Waals surface area contributed by atoms with E-state index in [4.69, 9.17) is 10.00 Å². The van der Waals surface area contributed by atoms with E-state index in [1.807, 2.05) is 36.4 Å². The second-order valence-electron chi connectivity index (χ2n) is 4.57. The maximum absolute atomic E-state index is 13.7. The summed E-state index contributed by atoms with van der Waals surface area (Å²) < 4.78 is 19.3. The largest absolute Gasteiger partial charge is 0.487 e. The van der Waals surface area contributed by atoms with Crippen molar-refractivity contribution in [2.45, 2.75) is 6.61 Å². The van der Waals surface area contributed by atoms with Crippen LogP contribution in [0.5, 0.6) is 5.75 Å². The first-order chi connectivity index (χ1) is 10.3. The number of para-hydroxylation sites is 1. The molecule has 0 bridgehead atoms. The highest BCUT2D eigenvalue weighted by Gasteiger charge is 2.05.